The molecule has 0 spiro atoms. The molecule has 2 heterocycles. The summed E-state index contributed by atoms with van der Waals surface area (Å²) in [5.74, 6) is 0. The summed E-state index contributed by atoms with van der Waals surface area (Å²) in [7, 11) is 2.28. The Bertz CT molecular complexity index is 481. The van der Waals surface area contributed by atoms with Gasteiger partial charge in [0.15, 0.2) is 0 Å². The first-order valence-corrected chi connectivity index (χ1v) is 18.3. The van der Waals surface area contributed by atoms with E-state index in [2.05, 4.69) is 51.2 Å². The molecule has 0 aliphatic carbocycles. The summed E-state index contributed by atoms with van der Waals surface area (Å²) in [6.45, 7) is 8.32. The summed E-state index contributed by atoms with van der Waals surface area (Å²) in [6, 6.07) is 3.23. The average molecular weight is 451 g/mol. The number of hydrogen-bond donors (Lipinski definition) is 0. The number of nitrogens with zero attached hydrogens (tertiary/aromatic N) is 2. The Morgan fingerprint density at radius 2 is 1.60 bits per heavy atom. The van der Waals surface area contributed by atoms with Crippen molar-refractivity contribution < 1.29 is 0 Å². The molecule has 1 saturated heterocycles. The van der Waals surface area contributed by atoms with Gasteiger partial charge in [0.25, 0.3) is 0 Å². The van der Waals surface area contributed by atoms with Crippen LogP contribution in [0.3, 0.4) is 0 Å². The third-order valence-electron chi connectivity index (χ3n) is 6.30. The van der Waals surface area contributed by atoms with Crippen molar-refractivity contribution in [1.82, 2.24) is 9.88 Å². The molecule has 0 aromatic carbocycles. The molecular weight excluding hydrogens is 411 g/mol. The maximum atomic E-state index is 4.78. The molecule has 0 bridgehead atoms. The summed E-state index contributed by atoms with van der Waals surface area (Å²) < 4.78 is 6.35. The Labute approximate surface area is 160 Å². The van der Waals surface area contributed by atoms with Crippen LogP contribution in [0.15, 0.2) is 18.5 Å². The first kappa shape index (κ1) is 21.2. The van der Waals surface area contributed by atoms with Gasteiger partial charge in [-0.05, 0) is 0 Å². The van der Waals surface area contributed by atoms with Gasteiger partial charge in [-0.15, -0.1) is 0 Å². The van der Waals surface area contributed by atoms with Gasteiger partial charge in [0.1, 0.15) is 0 Å². The number of unbranched alkanes of at least 4 members (excludes halogenated alkanes) is 3. The SMILES string of the molecule is CCC[CH2][Sn]([CH2]CCC)([CH2]CCC)[c]1cncc([C@H]2CCCN2C)c1. The van der Waals surface area contributed by atoms with E-state index < -0.39 is 18.4 Å². The van der Waals surface area contributed by atoms with Crippen LogP contribution < -0.4 is 3.58 Å². The number of aromatic nitrogens is 1. The monoisotopic (exact) mass is 452 g/mol. The first-order chi connectivity index (χ1) is 12.2. The van der Waals surface area contributed by atoms with Gasteiger partial charge in [0.2, 0.25) is 0 Å². The van der Waals surface area contributed by atoms with E-state index in [1.54, 1.807) is 3.58 Å². The Kier molecular flexibility index (Phi) is 9.26. The molecule has 1 aliphatic rings. The van der Waals surface area contributed by atoms with Gasteiger partial charge >= 0.3 is 161 Å². The molecular formula is C22H40N2Sn. The van der Waals surface area contributed by atoms with Crippen molar-refractivity contribution in [3.63, 3.8) is 0 Å². The van der Waals surface area contributed by atoms with Gasteiger partial charge in [0.05, 0.1) is 0 Å². The average Bonchev–Trinajstić information content (AvgIpc) is 3.07. The predicted octanol–water partition coefficient (Wildman–Crippen LogP) is 5.90. The van der Waals surface area contributed by atoms with Crippen molar-refractivity contribution in [3.05, 3.63) is 24.0 Å². The molecule has 1 aliphatic heterocycles. The van der Waals surface area contributed by atoms with E-state index in [1.807, 2.05) is 0 Å². The Morgan fingerprint density at radius 3 is 2.08 bits per heavy atom. The van der Waals surface area contributed by atoms with E-state index in [4.69, 9.17) is 4.98 Å². The Hall–Kier alpha value is -0.0913. The van der Waals surface area contributed by atoms with Gasteiger partial charge in [-0.2, -0.15) is 0 Å². The van der Waals surface area contributed by atoms with Crippen LogP contribution in [0.4, 0.5) is 0 Å². The van der Waals surface area contributed by atoms with E-state index in [1.165, 1.54) is 76.8 Å². The molecule has 1 aromatic heterocycles. The van der Waals surface area contributed by atoms with Gasteiger partial charge in [-0.1, -0.05) is 0 Å². The zero-order valence-corrected chi connectivity index (χ0v) is 20.0. The number of pyridine rings is 1. The van der Waals surface area contributed by atoms with Crippen LogP contribution in [0, 0.1) is 0 Å². The van der Waals surface area contributed by atoms with Crippen LogP contribution in [-0.4, -0.2) is 41.9 Å². The Balaban J connectivity index is 2.33. The second kappa shape index (κ2) is 10.9. The van der Waals surface area contributed by atoms with Crippen LogP contribution in [0.1, 0.15) is 83.7 Å². The van der Waals surface area contributed by atoms with Gasteiger partial charge in [-0.3, -0.25) is 0 Å². The van der Waals surface area contributed by atoms with Crippen molar-refractivity contribution >= 4 is 22.0 Å². The summed E-state index contributed by atoms with van der Waals surface area (Å²) in [5, 5.41) is 0. The minimum atomic E-state index is -2.33. The van der Waals surface area contributed by atoms with Crippen molar-refractivity contribution in [2.24, 2.45) is 0 Å². The zero-order chi connectivity index (χ0) is 18.1. The topological polar surface area (TPSA) is 16.1 Å². The van der Waals surface area contributed by atoms with Crippen LogP contribution >= 0.6 is 0 Å². The second-order valence-electron chi connectivity index (χ2n) is 8.24. The molecule has 2 nitrogen and oxygen atoms in total. The number of rotatable bonds is 11. The van der Waals surface area contributed by atoms with Crippen molar-refractivity contribution in [2.45, 2.75) is 91.5 Å². The van der Waals surface area contributed by atoms with E-state index in [9.17, 15) is 0 Å². The number of hydrogen-bond acceptors (Lipinski definition) is 2. The van der Waals surface area contributed by atoms with E-state index in [0.717, 1.165) is 0 Å². The minimum absolute atomic E-state index is 0.611. The van der Waals surface area contributed by atoms with Crippen molar-refractivity contribution in [3.8, 4) is 0 Å². The van der Waals surface area contributed by atoms with Crippen LogP contribution in [0.2, 0.25) is 13.3 Å². The molecule has 1 atom stereocenters. The molecule has 1 fully saturated rings. The van der Waals surface area contributed by atoms with Crippen LogP contribution in [-0.2, 0) is 0 Å². The van der Waals surface area contributed by atoms with Crippen molar-refractivity contribution in [1.29, 1.82) is 0 Å². The van der Waals surface area contributed by atoms with E-state index in [-0.39, 0.29) is 0 Å². The fourth-order valence-corrected chi connectivity index (χ4v) is 20.4. The summed E-state index contributed by atoms with van der Waals surface area (Å²) in [4.78, 5) is 7.31. The van der Waals surface area contributed by atoms with E-state index in [0.29, 0.717) is 6.04 Å². The molecule has 3 heteroatoms. The molecule has 1 aromatic rings. The molecule has 0 unspecified atom stereocenters. The van der Waals surface area contributed by atoms with Gasteiger partial charge in [0, 0.05) is 0 Å². The van der Waals surface area contributed by atoms with Gasteiger partial charge < -0.3 is 0 Å². The predicted molar refractivity (Wildman–Crippen MR) is 113 cm³/mol. The molecule has 2 rings (SSSR count). The molecule has 0 radical (unpaired) electrons. The van der Waals surface area contributed by atoms with E-state index >= 15 is 0 Å². The standard InChI is InChI=1S/C10H13N2.3C4H9.Sn/c1-12-7-3-5-10(12)9-4-2-6-11-8-9;3*1-3-4-2;/h4,6,8,10H,3,5,7H2,1H3;3*1,3-4H2,2H3;/t10-;;;;/m1..../s1. The number of likely N-dealkylation sites (tertiary alicyclic amines) is 1. The quantitative estimate of drug-likeness (QED) is 0.390. The summed E-state index contributed by atoms with van der Waals surface area (Å²) in [5.41, 5.74) is 1.50. The van der Waals surface area contributed by atoms with Crippen LogP contribution in [0.25, 0.3) is 0 Å². The summed E-state index contributed by atoms with van der Waals surface area (Å²) >= 11 is -2.33. The summed E-state index contributed by atoms with van der Waals surface area (Å²) in [6.07, 6.45) is 15.4. The molecule has 0 amide bonds. The third-order valence-corrected chi connectivity index (χ3v) is 21.8. The Morgan fingerprint density at radius 1 is 1.00 bits per heavy atom. The molecule has 0 N–H and O–H groups in total. The second-order valence-corrected chi connectivity index (χ2v) is 21.5. The third kappa shape index (κ3) is 5.69. The molecule has 25 heavy (non-hydrogen) atoms. The fourth-order valence-electron chi connectivity index (χ4n) is 4.61. The first-order valence-electron chi connectivity index (χ1n) is 10.8. The maximum absolute atomic E-state index is 4.78. The zero-order valence-electron chi connectivity index (χ0n) is 17.2. The molecule has 0 saturated carbocycles. The van der Waals surface area contributed by atoms with Crippen molar-refractivity contribution in [2.75, 3.05) is 13.6 Å². The van der Waals surface area contributed by atoms with Crippen LogP contribution in [0.5, 0.6) is 0 Å². The van der Waals surface area contributed by atoms with Gasteiger partial charge in [-0.25, -0.2) is 0 Å². The molecule has 142 valence electrons. The fraction of sp³-hybridized carbons (Fsp3) is 0.773. The normalized spacial score (nSPS) is 18.8.